The number of amides is 2. The zero-order valence-corrected chi connectivity index (χ0v) is 20.5. The third-order valence-electron chi connectivity index (χ3n) is 5.52. The van der Waals surface area contributed by atoms with E-state index in [1.807, 2.05) is 4.90 Å². The number of thiol groups is 2. The second-order valence-corrected chi connectivity index (χ2v) is 8.97. The summed E-state index contributed by atoms with van der Waals surface area (Å²) in [6.45, 7) is 5.97. The Labute approximate surface area is 190 Å². The molecule has 0 aromatic rings. The van der Waals surface area contributed by atoms with Gasteiger partial charge < -0.3 is 16.0 Å². The third kappa shape index (κ3) is 18.1. The summed E-state index contributed by atoms with van der Waals surface area (Å²) in [6.07, 6.45) is 19.0. The molecule has 0 unspecified atom stereocenters. The largest absolute Gasteiger partial charge is 0.361 e. The van der Waals surface area contributed by atoms with Gasteiger partial charge in [0.05, 0.1) is 0 Å². The van der Waals surface area contributed by atoms with E-state index < -0.39 is 5.24 Å². The summed E-state index contributed by atoms with van der Waals surface area (Å²) >= 11 is 6.93. The fourth-order valence-corrected chi connectivity index (χ4v) is 4.07. The Morgan fingerprint density at radius 2 is 1.17 bits per heavy atom. The van der Waals surface area contributed by atoms with Crippen molar-refractivity contribution in [1.82, 2.24) is 10.2 Å². The summed E-state index contributed by atoms with van der Waals surface area (Å²) in [5.41, 5.74) is 4.34. The van der Waals surface area contributed by atoms with Gasteiger partial charge in [0.1, 0.15) is 0 Å². The number of nitrogens with one attached hydrogen (secondary N) is 1. The van der Waals surface area contributed by atoms with Crippen LogP contribution in [-0.2, 0) is 0 Å². The maximum Gasteiger partial charge on any atom is 0.278 e. The quantitative estimate of drug-likeness (QED) is 0.336. The van der Waals surface area contributed by atoms with E-state index in [-0.39, 0.29) is 5.24 Å². The molecule has 0 atom stereocenters. The highest BCUT2D eigenvalue weighted by molar-refractivity contribution is 7.96. The second-order valence-electron chi connectivity index (χ2n) is 8.15. The van der Waals surface area contributed by atoms with Crippen LogP contribution >= 0.6 is 25.3 Å². The van der Waals surface area contributed by atoms with Crippen LogP contribution in [0.4, 0.5) is 9.59 Å². The van der Waals surface area contributed by atoms with Gasteiger partial charge in [0, 0.05) is 25.2 Å². The van der Waals surface area contributed by atoms with Crippen molar-refractivity contribution in [3.8, 4) is 0 Å². The Balaban J connectivity index is 0.000000460. The van der Waals surface area contributed by atoms with Crippen LogP contribution < -0.4 is 11.1 Å². The number of nitrogens with two attached hydrogens (primary N) is 1. The Bertz CT molecular complexity index is 385. The van der Waals surface area contributed by atoms with Crippen molar-refractivity contribution in [2.75, 3.05) is 13.1 Å². The van der Waals surface area contributed by atoms with Crippen LogP contribution in [-0.4, -0.2) is 40.6 Å². The fourth-order valence-electron chi connectivity index (χ4n) is 3.87. The number of rotatable bonds is 8. The van der Waals surface area contributed by atoms with Crippen molar-refractivity contribution >= 4 is 35.7 Å². The zero-order chi connectivity index (χ0) is 21.9. The monoisotopic (exact) mass is 447 g/mol. The van der Waals surface area contributed by atoms with Crippen molar-refractivity contribution in [3.63, 3.8) is 0 Å². The van der Waals surface area contributed by atoms with E-state index in [1.54, 1.807) is 0 Å². The molecule has 2 fully saturated rings. The highest BCUT2D eigenvalue weighted by Gasteiger charge is 2.19. The molecule has 0 spiro atoms. The van der Waals surface area contributed by atoms with E-state index >= 15 is 0 Å². The molecule has 7 heteroatoms. The van der Waals surface area contributed by atoms with Crippen LogP contribution in [0.2, 0.25) is 0 Å². The number of nitrogens with zero attached hydrogens (tertiary/aromatic N) is 1. The molecule has 0 heterocycles. The Morgan fingerprint density at radius 1 is 0.828 bits per heavy atom. The van der Waals surface area contributed by atoms with Gasteiger partial charge in [-0.3, -0.25) is 9.59 Å². The molecule has 2 saturated carbocycles. The lowest BCUT2D eigenvalue weighted by atomic mass is 9.91. The van der Waals surface area contributed by atoms with Crippen molar-refractivity contribution in [3.05, 3.63) is 0 Å². The molecule has 0 aromatic carbocycles. The van der Waals surface area contributed by atoms with Crippen molar-refractivity contribution in [2.24, 2.45) is 5.73 Å². The van der Waals surface area contributed by atoms with Gasteiger partial charge in [-0.2, -0.15) is 0 Å². The summed E-state index contributed by atoms with van der Waals surface area (Å²) in [5, 5.41) is 3.13. The number of hydrogen-bond acceptors (Lipinski definition) is 3. The maximum absolute atomic E-state index is 10.9. The minimum atomic E-state index is -0.639. The molecule has 0 bridgehead atoms. The normalized spacial score (nSPS) is 17.4. The van der Waals surface area contributed by atoms with Gasteiger partial charge in [-0.05, 0) is 38.5 Å². The van der Waals surface area contributed by atoms with Crippen molar-refractivity contribution in [2.45, 2.75) is 116 Å². The molecule has 5 nitrogen and oxygen atoms in total. The first kappa shape index (κ1) is 28.6. The summed E-state index contributed by atoms with van der Waals surface area (Å²) in [7, 11) is 0. The topological polar surface area (TPSA) is 75.4 Å². The van der Waals surface area contributed by atoms with Crippen LogP contribution in [0.5, 0.6) is 0 Å². The SMILES string of the molecule is C1CCC(NC2CCCCC2)CC1.CCCCN(CCCC)C(=O)S.NC(=O)S. The van der Waals surface area contributed by atoms with Gasteiger partial charge in [0.15, 0.2) is 0 Å². The van der Waals surface area contributed by atoms with E-state index in [0.29, 0.717) is 0 Å². The molecule has 0 radical (unpaired) electrons. The lowest BCUT2D eigenvalue weighted by molar-refractivity contribution is 0.221. The average molecular weight is 448 g/mol. The summed E-state index contributed by atoms with van der Waals surface area (Å²) < 4.78 is 0. The number of hydrogen-bond donors (Lipinski definition) is 4. The standard InChI is InChI=1S/C12H23N.C9H19NOS.CH3NOS/c1-3-7-11(8-4-1)13-12-9-5-2-6-10-12;1-3-5-7-10(9(11)12)8-6-4-2;2-1(3)4/h11-13H,1-10H2;3-8H2,1-2H3,(H,11,12);(H3,2,3,4). The average Bonchev–Trinajstić information content (AvgIpc) is 2.69. The summed E-state index contributed by atoms with van der Waals surface area (Å²) in [6, 6.07) is 1.74. The first-order chi connectivity index (χ1) is 13.9. The van der Waals surface area contributed by atoms with Crippen molar-refractivity contribution < 1.29 is 9.59 Å². The van der Waals surface area contributed by atoms with Crippen LogP contribution in [0, 0.1) is 0 Å². The smallest absolute Gasteiger partial charge is 0.278 e. The molecule has 3 N–H and O–H groups in total. The minimum Gasteiger partial charge on any atom is -0.361 e. The predicted octanol–water partition coefficient (Wildman–Crippen LogP) is 6.17. The van der Waals surface area contributed by atoms with Gasteiger partial charge >= 0.3 is 0 Å². The van der Waals surface area contributed by atoms with Gasteiger partial charge in [0.2, 0.25) is 0 Å². The van der Waals surface area contributed by atoms with E-state index in [2.05, 4.69) is 50.2 Å². The number of carbonyl (C=O) groups is 2. The van der Waals surface area contributed by atoms with Crippen LogP contribution in [0.25, 0.3) is 0 Å². The summed E-state index contributed by atoms with van der Waals surface area (Å²) in [4.78, 5) is 21.8. The first-order valence-corrected chi connectivity index (χ1v) is 12.5. The lowest BCUT2D eigenvalue weighted by Gasteiger charge is -2.30. The molecule has 172 valence electrons. The van der Waals surface area contributed by atoms with Crippen LogP contribution in [0.1, 0.15) is 104 Å². The third-order valence-corrected chi connectivity index (χ3v) is 5.80. The Morgan fingerprint density at radius 3 is 1.45 bits per heavy atom. The summed E-state index contributed by atoms with van der Waals surface area (Å²) in [5.74, 6) is 0. The molecule has 2 aliphatic carbocycles. The van der Waals surface area contributed by atoms with E-state index in [0.717, 1.165) is 50.9 Å². The first-order valence-electron chi connectivity index (χ1n) is 11.6. The van der Waals surface area contributed by atoms with Gasteiger partial charge in [0.25, 0.3) is 10.5 Å². The maximum atomic E-state index is 10.9. The molecule has 0 saturated heterocycles. The van der Waals surface area contributed by atoms with Gasteiger partial charge in [-0.25, -0.2) is 0 Å². The highest BCUT2D eigenvalue weighted by atomic mass is 32.1. The second kappa shape index (κ2) is 19.6. The number of carbonyl (C=O) groups excluding carboxylic acids is 2. The minimum absolute atomic E-state index is 0.0862. The van der Waals surface area contributed by atoms with Crippen molar-refractivity contribution in [1.29, 1.82) is 0 Å². The Hall–Kier alpha value is -0.400. The fraction of sp³-hybridized carbons (Fsp3) is 0.909. The molecular weight excluding hydrogens is 402 g/mol. The zero-order valence-electron chi connectivity index (χ0n) is 18.7. The van der Waals surface area contributed by atoms with E-state index in [9.17, 15) is 4.79 Å². The molecular formula is C22H45N3O2S2. The molecule has 2 aliphatic rings. The number of primary amides is 1. The molecule has 0 aromatic heterocycles. The molecule has 2 amide bonds. The molecule has 2 rings (SSSR count). The van der Waals surface area contributed by atoms with Gasteiger partial charge in [-0.15, -0.1) is 0 Å². The predicted molar refractivity (Wildman–Crippen MR) is 131 cm³/mol. The number of unbranched alkanes of at least 4 members (excludes halogenated alkanes) is 2. The Kier molecular flexibility index (Phi) is 19.3. The highest BCUT2D eigenvalue weighted by Crippen LogP contribution is 2.22. The molecule has 29 heavy (non-hydrogen) atoms. The van der Waals surface area contributed by atoms with Crippen LogP contribution in [0.3, 0.4) is 0 Å². The lowest BCUT2D eigenvalue weighted by Crippen LogP contribution is -2.40. The van der Waals surface area contributed by atoms with Gasteiger partial charge in [-0.1, -0.05) is 90.5 Å². The van der Waals surface area contributed by atoms with Crippen LogP contribution in [0.15, 0.2) is 0 Å². The molecule has 0 aliphatic heterocycles. The van der Waals surface area contributed by atoms with E-state index in [4.69, 9.17) is 4.79 Å². The van der Waals surface area contributed by atoms with E-state index in [1.165, 1.54) is 64.2 Å².